The monoisotopic (exact) mass is 472 g/mol. The molecule has 4 rings (SSSR count). The molecule has 1 N–H and O–H groups in total. The molecule has 1 fully saturated rings. The first kappa shape index (κ1) is 19.9. The molecule has 0 saturated carbocycles. The zero-order valence-corrected chi connectivity index (χ0v) is 18.4. The van der Waals surface area contributed by atoms with Gasteiger partial charge >= 0.3 is 0 Å². The lowest BCUT2D eigenvalue weighted by Crippen LogP contribution is -2.36. The van der Waals surface area contributed by atoms with Gasteiger partial charge in [0.1, 0.15) is 5.00 Å². The fraction of sp³-hybridized carbons (Fsp3) is 0.273. The Balaban J connectivity index is 1.73. The standard InChI is InChI=1S/C22H21BrN2O3S/c1-14-18(22(27)25-12-6-3-7-13-25)21(24-20(26)16-10-11-17(23)28-16)29-19(14)15-8-4-2-5-9-15/h2,4-5,8-11H,3,6-7,12-13H2,1H3,(H,24,26). The predicted octanol–water partition coefficient (Wildman–Crippen LogP) is 5.96. The highest BCUT2D eigenvalue weighted by Gasteiger charge is 2.28. The molecule has 5 nitrogen and oxygen atoms in total. The molecule has 7 heteroatoms. The summed E-state index contributed by atoms with van der Waals surface area (Å²) in [6.45, 7) is 3.47. The van der Waals surface area contributed by atoms with Gasteiger partial charge in [0, 0.05) is 18.0 Å². The van der Waals surface area contributed by atoms with Gasteiger partial charge in [-0.2, -0.15) is 0 Å². The van der Waals surface area contributed by atoms with Crippen LogP contribution in [-0.4, -0.2) is 29.8 Å². The molecule has 1 saturated heterocycles. The predicted molar refractivity (Wildman–Crippen MR) is 119 cm³/mol. The Kier molecular flexibility index (Phi) is 5.87. The molecule has 150 valence electrons. The van der Waals surface area contributed by atoms with Gasteiger partial charge < -0.3 is 14.6 Å². The number of nitrogens with zero attached hydrogens (tertiary/aromatic N) is 1. The molecule has 1 aliphatic heterocycles. The summed E-state index contributed by atoms with van der Waals surface area (Å²) in [6.07, 6.45) is 3.18. The van der Waals surface area contributed by atoms with Crippen molar-refractivity contribution in [1.82, 2.24) is 4.90 Å². The molecule has 29 heavy (non-hydrogen) atoms. The van der Waals surface area contributed by atoms with E-state index in [1.807, 2.05) is 42.2 Å². The second-order valence-electron chi connectivity index (χ2n) is 7.04. The molecular weight excluding hydrogens is 452 g/mol. The van der Waals surface area contributed by atoms with Crippen molar-refractivity contribution in [2.75, 3.05) is 18.4 Å². The van der Waals surface area contributed by atoms with Crippen LogP contribution >= 0.6 is 27.3 Å². The molecule has 1 aliphatic rings. The van der Waals surface area contributed by atoms with Crippen molar-refractivity contribution in [3.63, 3.8) is 0 Å². The lowest BCUT2D eigenvalue weighted by atomic mass is 10.0. The van der Waals surface area contributed by atoms with E-state index in [0.29, 0.717) is 15.2 Å². The van der Waals surface area contributed by atoms with Gasteiger partial charge in [-0.1, -0.05) is 30.3 Å². The van der Waals surface area contributed by atoms with E-state index in [0.717, 1.165) is 48.4 Å². The molecule has 3 aromatic rings. The SMILES string of the molecule is Cc1c(-c2ccccc2)sc(NC(=O)c2ccc(Br)o2)c1C(=O)N1CCCCC1. The minimum absolute atomic E-state index is 0.0171. The number of thiophene rings is 1. The first-order valence-corrected chi connectivity index (χ1v) is 11.2. The van der Waals surface area contributed by atoms with Crippen LogP contribution in [0, 0.1) is 6.92 Å². The van der Waals surface area contributed by atoms with Crippen LogP contribution in [0.25, 0.3) is 10.4 Å². The van der Waals surface area contributed by atoms with Gasteiger partial charge in [0.25, 0.3) is 11.8 Å². The Hall–Kier alpha value is -2.38. The highest BCUT2D eigenvalue weighted by atomic mass is 79.9. The quantitative estimate of drug-likeness (QED) is 0.509. The van der Waals surface area contributed by atoms with E-state index in [4.69, 9.17) is 4.42 Å². The minimum atomic E-state index is -0.371. The van der Waals surface area contributed by atoms with Gasteiger partial charge in [0.15, 0.2) is 10.4 Å². The number of benzene rings is 1. The third-order valence-corrected chi connectivity index (χ3v) is 6.75. The number of amides is 2. The van der Waals surface area contributed by atoms with Gasteiger partial charge in [-0.25, -0.2) is 0 Å². The van der Waals surface area contributed by atoms with Crippen LogP contribution in [0.2, 0.25) is 0 Å². The highest BCUT2D eigenvalue weighted by Crippen LogP contribution is 2.41. The van der Waals surface area contributed by atoms with Gasteiger partial charge in [0.05, 0.1) is 5.56 Å². The Morgan fingerprint density at radius 3 is 2.45 bits per heavy atom. The summed E-state index contributed by atoms with van der Waals surface area (Å²) < 4.78 is 5.86. The van der Waals surface area contributed by atoms with E-state index in [2.05, 4.69) is 21.2 Å². The second kappa shape index (κ2) is 8.55. The molecule has 0 unspecified atom stereocenters. The largest absolute Gasteiger partial charge is 0.444 e. The van der Waals surface area contributed by atoms with Crippen molar-refractivity contribution >= 4 is 44.1 Å². The molecule has 2 amide bonds. The van der Waals surface area contributed by atoms with E-state index < -0.39 is 0 Å². The van der Waals surface area contributed by atoms with Gasteiger partial charge in [0.2, 0.25) is 0 Å². The fourth-order valence-corrected chi connectivity index (χ4v) is 5.09. The van der Waals surface area contributed by atoms with Crippen LogP contribution in [0.3, 0.4) is 0 Å². The molecule has 2 aromatic heterocycles. The van der Waals surface area contributed by atoms with Crippen molar-refractivity contribution in [2.45, 2.75) is 26.2 Å². The van der Waals surface area contributed by atoms with Crippen LogP contribution in [0.5, 0.6) is 0 Å². The first-order valence-electron chi connectivity index (χ1n) is 9.59. The smallest absolute Gasteiger partial charge is 0.292 e. The number of anilines is 1. The molecule has 0 spiro atoms. The normalized spacial score (nSPS) is 14.1. The number of carbonyl (C=O) groups excluding carboxylic acids is 2. The molecule has 1 aromatic carbocycles. The van der Waals surface area contributed by atoms with Crippen LogP contribution in [-0.2, 0) is 0 Å². The average Bonchev–Trinajstić information content (AvgIpc) is 3.32. The molecule has 0 atom stereocenters. The number of hydrogen-bond acceptors (Lipinski definition) is 4. The number of nitrogens with one attached hydrogen (secondary N) is 1. The van der Waals surface area contributed by atoms with Gasteiger partial charge in [-0.3, -0.25) is 9.59 Å². The molecule has 0 aliphatic carbocycles. The summed E-state index contributed by atoms with van der Waals surface area (Å²) in [7, 11) is 0. The van der Waals surface area contributed by atoms with E-state index >= 15 is 0 Å². The van der Waals surface area contributed by atoms with Crippen molar-refractivity contribution in [3.8, 4) is 10.4 Å². The van der Waals surface area contributed by atoms with Crippen molar-refractivity contribution in [1.29, 1.82) is 0 Å². The third kappa shape index (κ3) is 4.16. The summed E-state index contributed by atoms with van der Waals surface area (Å²) in [4.78, 5) is 28.9. The van der Waals surface area contributed by atoms with Crippen molar-refractivity contribution in [3.05, 3.63) is 64.0 Å². The maximum atomic E-state index is 13.4. The number of furan rings is 1. The van der Waals surface area contributed by atoms with E-state index in [-0.39, 0.29) is 17.6 Å². The highest BCUT2D eigenvalue weighted by molar-refractivity contribution is 9.10. The minimum Gasteiger partial charge on any atom is -0.444 e. The van der Waals surface area contributed by atoms with Crippen molar-refractivity contribution in [2.24, 2.45) is 0 Å². The topological polar surface area (TPSA) is 62.6 Å². The fourth-order valence-electron chi connectivity index (χ4n) is 3.58. The Labute approximate surface area is 181 Å². The first-order chi connectivity index (χ1) is 14.0. The molecule has 3 heterocycles. The summed E-state index contributed by atoms with van der Waals surface area (Å²) in [5.74, 6) is -0.193. The van der Waals surface area contributed by atoms with Crippen LogP contribution in [0.15, 0.2) is 51.6 Å². The lowest BCUT2D eigenvalue weighted by Gasteiger charge is -2.27. The number of likely N-dealkylation sites (tertiary alicyclic amines) is 1. The number of rotatable bonds is 4. The molecular formula is C22H21BrN2O3S. The van der Waals surface area contributed by atoms with Gasteiger partial charge in [-0.15, -0.1) is 11.3 Å². The number of halogens is 1. The van der Waals surface area contributed by atoms with Crippen LogP contribution in [0.4, 0.5) is 5.00 Å². The van der Waals surface area contributed by atoms with E-state index in [1.165, 1.54) is 11.3 Å². The van der Waals surface area contributed by atoms with E-state index in [9.17, 15) is 9.59 Å². The van der Waals surface area contributed by atoms with Gasteiger partial charge in [-0.05, 0) is 65.4 Å². The number of hydrogen-bond donors (Lipinski definition) is 1. The number of carbonyl (C=O) groups is 2. The third-order valence-electron chi connectivity index (χ3n) is 5.06. The maximum Gasteiger partial charge on any atom is 0.292 e. The number of piperidine rings is 1. The summed E-state index contributed by atoms with van der Waals surface area (Å²) in [6, 6.07) is 13.2. The summed E-state index contributed by atoms with van der Waals surface area (Å²) in [5, 5.41) is 3.47. The Bertz CT molecular complexity index is 1040. The molecule has 0 radical (unpaired) electrons. The van der Waals surface area contributed by atoms with Crippen LogP contribution < -0.4 is 5.32 Å². The zero-order valence-electron chi connectivity index (χ0n) is 16.0. The summed E-state index contributed by atoms with van der Waals surface area (Å²) >= 11 is 4.65. The lowest BCUT2D eigenvalue weighted by molar-refractivity contribution is 0.0725. The Morgan fingerprint density at radius 1 is 1.07 bits per heavy atom. The average molecular weight is 473 g/mol. The zero-order chi connectivity index (χ0) is 20.4. The second-order valence-corrected chi connectivity index (χ2v) is 8.84. The van der Waals surface area contributed by atoms with Crippen LogP contribution in [0.1, 0.15) is 45.7 Å². The maximum absolute atomic E-state index is 13.4. The van der Waals surface area contributed by atoms with E-state index in [1.54, 1.807) is 12.1 Å². The molecule has 0 bridgehead atoms. The van der Waals surface area contributed by atoms with Crippen molar-refractivity contribution < 1.29 is 14.0 Å². The summed E-state index contributed by atoms with van der Waals surface area (Å²) in [5.41, 5.74) is 2.51. The Morgan fingerprint density at radius 2 is 1.79 bits per heavy atom.